The molecule has 2 aliphatic carbocycles. The van der Waals surface area contributed by atoms with Crippen LogP contribution in [-0.4, -0.2) is 48.5 Å². The van der Waals surface area contributed by atoms with Gasteiger partial charge in [0.15, 0.2) is 0 Å². The second kappa shape index (κ2) is 10.0. The number of nitrogens with zero attached hydrogens (tertiary/aromatic N) is 4. The zero-order valence-electron chi connectivity index (χ0n) is 15.6. The lowest BCUT2D eigenvalue weighted by Gasteiger charge is -2.42. The minimum Gasteiger partial charge on any atom is -0.211 e. The Hall–Kier alpha value is -2.48. The van der Waals surface area contributed by atoms with Crippen LogP contribution >= 0.6 is 0 Å². The van der Waals surface area contributed by atoms with Crippen LogP contribution in [0.15, 0.2) is 20.0 Å². The molecule has 0 heterocycles. The predicted octanol–water partition coefficient (Wildman–Crippen LogP) is 2.29. The molecular formula is C19H24N4O4. The van der Waals surface area contributed by atoms with Crippen LogP contribution in [0.4, 0.5) is 0 Å². The summed E-state index contributed by atoms with van der Waals surface area (Å²) in [5.74, 6) is 0.112. The van der Waals surface area contributed by atoms with Gasteiger partial charge in [0, 0.05) is 11.8 Å². The smallest absolute Gasteiger partial charge is 0.211 e. The van der Waals surface area contributed by atoms with Crippen LogP contribution in [0, 0.1) is 23.7 Å². The third kappa shape index (κ3) is 4.82. The number of carbonyl (C=O) groups excluding carboxylic acids is 4. The lowest BCUT2D eigenvalue weighted by atomic mass is 9.67. The van der Waals surface area contributed by atoms with Gasteiger partial charge in [-0.3, -0.25) is 0 Å². The van der Waals surface area contributed by atoms with Crippen molar-refractivity contribution in [2.45, 2.75) is 70.1 Å². The molecule has 0 aromatic carbocycles. The molecular weight excluding hydrogens is 348 g/mol. The molecule has 0 saturated heterocycles. The summed E-state index contributed by atoms with van der Waals surface area (Å²) in [6, 6.07) is -0.942. The molecule has 2 aliphatic rings. The van der Waals surface area contributed by atoms with Gasteiger partial charge in [-0.15, -0.1) is 0 Å². The number of hydrogen-bond donors (Lipinski definition) is 0. The Balaban J connectivity index is 2.19. The molecule has 144 valence electrons. The van der Waals surface area contributed by atoms with E-state index < -0.39 is 0 Å². The molecule has 2 rings (SSSR count). The number of aliphatic imine (C=N–C) groups is 4. The van der Waals surface area contributed by atoms with E-state index in [2.05, 4.69) is 20.0 Å². The summed E-state index contributed by atoms with van der Waals surface area (Å²) in [7, 11) is 0. The first-order valence-corrected chi connectivity index (χ1v) is 9.35. The summed E-state index contributed by atoms with van der Waals surface area (Å²) in [5.41, 5.74) is 0. The minimum absolute atomic E-state index is 0.0619. The second-order valence-electron chi connectivity index (χ2n) is 7.63. The van der Waals surface area contributed by atoms with Crippen LogP contribution in [0.3, 0.4) is 0 Å². The van der Waals surface area contributed by atoms with Gasteiger partial charge in [-0.1, -0.05) is 13.8 Å². The lowest BCUT2D eigenvalue weighted by molar-refractivity contribution is 0.132. The summed E-state index contributed by atoms with van der Waals surface area (Å²) < 4.78 is 0. The summed E-state index contributed by atoms with van der Waals surface area (Å²) in [5, 5.41) is 0. The molecule has 0 N–H and O–H groups in total. The third-order valence-electron chi connectivity index (χ3n) is 6.37. The number of hydrogen-bond acceptors (Lipinski definition) is 8. The van der Waals surface area contributed by atoms with E-state index in [4.69, 9.17) is 0 Å². The quantitative estimate of drug-likeness (QED) is 0.525. The van der Waals surface area contributed by atoms with Crippen LogP contribution in [0.2, 0.25) is 0 Å². The molecule has 27 heavy (non-hydrogen) atoms. The van der Waals surface area contributed by atoms with Gasteiger partial charge in [0.05, 0.1) is 24.2 Å². The molecule has 0 aliphatic heterocycles. The van der Waals surface area contributed by atoms with Crippen molar-refractivity contribution in [2.24, 2.45) is 43.6 Å². The molecule has 0 aromatic heterocycles. The van der Waals surface area contributed by atoms with Gasteiger partial charge in [0.2, 0.25) is 24.3 Å². The Morgan fingerprint density at radius 1 is 0.630 bits per heavy atom. The molecule has 8 unspecified atom stereocenters. The van der Waals surface area contributed by atoms with Crippen molar-refractivity contribution in [1.82, 2.24) is 0 Å². The highest BCUT2D eigenvalue weighted by Gasteiger charge is 2.42. The van der Waals surface area contributed by atoms with Crippen molar-refractivity contribution in [1.29, 1.82) is 0 Å². The Bertz CT molecular complexity index is 655. The molecule has 2 fully saturated rings. The molecule has 2 saturated carbocycles. The van der Waals surface area contributed by atoms with Crippen LogP contribution in [0.1, 0.15) is 46.0 Å². The summed E-state index contributed by atoms with van der Waals surface area (Å²) in [6.45, 7) is 3.87. The maximum absolute atomic E-state index is 10.9. The zero-order valence-corrected chi connectivity index (χ0v) is 15.6. The summed E-state index contributed by atoms with van der Waals surface area (Å²) in [6.07, 6.45) is 10.3. The van der Waals surface area contributed by atoms with Crippen molar-refractivity contribution in [3.05, 3.63) is 0 Å². The predicted molar refractivity (Wildman–Crippen MR) is 96.0 cm³/mol. The lowest BCUT2D eigenvalue weighted by Crippen LogP contribution is -2.43. The molecule has 0 radical (unpaired) electrons. The summed E-state index contributed by atoms with van der Waals surface area (Å²) in [4.78, 5) is 58.8. The SMILES string of the molecule is CC1C(N=C=O)CCC(CC2CCC(N=C=O)C(C)C2N=C=O)C1N=C=O. The average Bonchev–Trinajstić information content (AvgIpc) is 2.65. The van der Waals surface area contributed by atoms with Crippen molar-refractivity contribution >= 4 is 24.3 Å². The van der Waals surface area contributed by atoms with Gasteiger partial charge in [-0.25, -0.2) is 39.1 Å². The highest BCUT2D eigenvalue weighted by molar-refractivity contribution is 5.36. The monoisotopic (exact) mass is 372 g/mol. The van der Waals surface area contributed by atoms with Gasteiger partial charge in [0.25, 0.3) is 0 Å². The second-order valence-corrected chi connectivity index (χ2v) is 7.63. The van der Waals surface area contributed by atoms with E-state index in [-0.39, 0.29) is 47.8 Å². The van der Waals surface area contributed by atoms with E-state index in [1.165, 1.54) is 0 Å². The fourth-order valence-corrected chi connectivity index (χ4v) is 4.92. The maximum atomic E-state index is 10.9. The normalized spacial score (nSPS) is 38.3. The Kier molecular flexibility index (Phi) is 7.72. The minimum atomic E-state index is -0.278. The van der Waals surface area contributed by atoms with E-state index in [0.29, 0.717) is 0 Å². The van der Waals surface area contributed by atoms with Crippen molar-refractivity contribution in [3.63, 3.8) is 0 Å². The van der Waals surface area contributed by atoms with Gasteiger partial charge in [-0.2, -0.15) is 0 Å². The number of isocyanates is 4. The molecule has 0 aromatic rings. The Morgan fingerprint density at radius 2 is 1.00 bits per heavy atom. The van der Waals surface area contributed by atoms with Crippen LogP contribution < -0.4 is 0 Å². The first kappa shape index (κ1) is 20.8. The van der Waals surface area contributed by atoms with E-state index in [1.54, 1.807) is 24.3 Å². The van der Waals surface area contributed by atoms with Gasteiger partial charge in [-0.05, 0) is 43.9 Å². The number of rotatable bonds is 6. The van der Waals surface area contributed by atoms with Crippen molar-refractivity contribution in [2.75, 3.05) is 0 Å². The largest absolute Gasteiger partial charge is 0.235 e. The first-order valence-electron chi connectivity index (χ1n) is 9.35. The van der Waals surface area contributed by atoms with Crippen LogP contribution in [-0.2, 0) is 19.2 Å². The maximum Gasteiger partial charge on any atom is 0.235 e. The van der Waals surface area contributed by atoms with Crippen LogP contribution in [0.25, 0.3) is 0 Å². The highest BCUT2D eigenvalue weighted by atomic mass is 16.1. The van der Waals surface area contributed by atoms with Gasteiger partial charge in [0.1, 0.15) is 0 Å². The highest BCUT2D eigenvalue weighted by Crippen LogP contribution is 2.42. The van der Waals surface area contributed by atoms with E-state index in [9.17, 15) is 19.2 Å². The fourth-order valence-electron chi connectivity index (χ4n) is 4.92. The average molecular weight is 372 g/mol. The van der Waals surface area contributed by atoms with Gasteiger partial charge < -0.3 is 0 Å². The molecule has 0 spiro atoms. The zero-order chi connectivity index (χ0) is 19.8. The first-order chi connectivity index (χ1) is 13.1. The van der Waals surface area contributed by atoms with E-state index >= 15 is 0 Å². The Labute approximate surface area is 158 Å². The molecule has 8 nitrogen and oxygen atoms in total. The van der Waals surface area contributed by atoms with E-state index in [1.807, 2.05) is 13.8 Å². The summed E-state index contributed by atoms with van der Waals surface area (Å²) >= 11 is 0. The van der Waals surface area contributed by atoms with Crippen molar-refractivity contribution in [3.8, 4) is 0 Å². The Morgan fingerprint density at radius 3 is 1.33 bits per heavy atom. The molecule has 0 bridgehead atoms. The standard InChI is InChI=1S/C19H24N4O4/c1-12-16(20-8-24)5-3-14(18(12)22-10-26)7-15-4-6-17(21-9-25)13(2)19(15)23-11-27/h12-19H,3-7H2,1-2H3. The third-order valence-corrected chi connectivity index (χ3v) is 6.37. The van der Waals surface area contributed by atoms with Crippen LogP contribution in [0.5, 0.6) is 0 Å². The topological polar surface area (TPSA) is 118 Å². The molecule has 8 atom stereocenters. The fraction of sp³-hybridized carbons (Fsp3) is 0.789. The van der Waals surface area contributed by atoms with E-state index in [0.717, 1.165) is 32.1 Å². The van der Waals surface area contributed by atoms with Crippen molar-refractivity contribution < 1.29 is 19.2 Å². The van der Waals surface area contributed by atoms with Gasteiger partial charge >= 0.3 is 0 Å². The molecule has 0 amide bonds. The molecule has 8 heteroatoms.